The van der Waals surface area contributed by atoms with Crippen LogP contribution in [0.3, 0.4) is 0 Å². The van der Waals surface area contributed by atoms with Crippen LogP contribution in [0.15, 0.2) is 0 Å². The van der Waals surface area contributed by atoms with Gasteiger partial charge in [-0.1, -0.05) is 13.8 Å². The predicted molar refractivity (Wildman–Crippen MR) is 45.1 cm³/mol. The van der Waals surface area contributed by atoms with Crippen LogP contribution in [0.1, 0.15) is 20.8 Å². The van der Waals surface area contributed by atoms with E-state index in [1.54, 1.807) is 13.8 Å². The third-order valence-corrected chi connectivity index (χ3v) is 1.52. The summed E-state index contributed by atoms with van der Waals surface area (Å²) in [4.78, 5) is 32.0. The van der Waals surface area contributed by atoms with Gasteiger partial charge < -0.3 is 10.4 Å². The fraction of sp³-hybridized carbons (Fsp3) is 0.625. The van der Waals surface area contributed by atoms with Crippen LogP contribution in [0.2, 0.25) is 0 Å². The van der Waals surface area contributed by atoms with Crippen LogP contribution >= 0.6 is 0 Å². The number of ketones is 1. The maximum absolute atomic E-state index is 11.0. The number of carbonyl (C=O) groups excluding carboxylic acids is 2. The maximum Gasteiger partial charge on any atom is 0.374 e. The topological polar surface area (TPSA) is 83.5 Å². The number of carbonyl (C=O) groups is 3. The van der Waals surface area contributed by atoms with E-state index in [-0.39, 0.29) is 5.92 Å². The standard InChI is InChI=1S/C8H13NO4/c1-4(2)6(9-5(3)10)7(11)8(12)13/h4,6H,1-3H3,(H,9,10)(H,12,13). The number of hydrogen-bond acceptors (Lipinski definition) is 3. The van der Waals surface area contributed by atoms with E-state index in [1.807, 2.05) is 0 Å². The lowest BCUT2D eigenvalue weighted by Crippen LogP contribution is -2.46. The number of hydrogen-bond donors (Lipinski definition) is 2. The van der Waals surface area contributed by atoms with E-state index in [4.69, 9.17) is 5.11 Å². The number of amides is 1. The molecule has 0 aliphatic rings. The Bertz CT molecular complexity index is 234. The van der Waals surface area contributed by atoms with Gasteiger partial charge in [0.1, 0.15) is 6.04 Å². The molecule has 1 amide bonds. The molecule has 0 saturated heterocycles. The third-order valence-electron chi connectivity index (χ3n) is 1.52. The van der Waals surface area contributed by atoms with E-state index < -0.39 is 23.7 Å². The van der Waals surface area contributed by atoms with E-state index in [1.165, 1.54) is 6.92 Å². The highest BCUT2D eigenvalue weighted by atomic mass is 16.4. The second kappa shape index (κ2) is 4.59. The molecule has 0 saturated carbocycles. The SMILES string of the molecule is CC(=O)NC(C(=O)C(=O)O)C(C)C. The van der Waals surface area contributed by atoms with Gasteiger partial charge >= 0.3 is 5.97 Å². The highest BCUT2D eigenvalue weighted by Gasteiger charge is 2.27. The number of Topliss-reactive ketones (excluding diaryl/α,β-unsaturated/α-hetero) is 1. The second-order valence-electron chi connectivity index (χ2n) is 3.09. The Morgan fingerprint density at radius 3 is 1.92 bits per heavy atom. The fourth-order valence-electron chi connectivity index (χ4n) is 0.887. The molecule has 1 unspecified atom stereocenters. The summed E-state index contributed by atoms with van der Waals surface area (Å²) in [6.45, 7) is 4.58. The molecular weight excluding hydrogens is 174 g/mol. The van der Waals surface area contributed by atoms with Gasteiger partial charge in [0.25, 0.3) is 5.78 Å². The summed E-state index contributed by atoms with van der Waals surface area (Å²) in [5.41, 5.74) is 0. The molecular formula is C8H13NO4. The first-order chi connectivity index (χ1) is 5.86. The molecule has 0 aromatic rings. The van der Waals surface area contributed by atoms with Gasteiger partial charge in [-0.25, -0.2) is 4.79 Å². The Morgan fingerprint density at radius 1 is 1.23 bits per heavy atom. The minimum Gasteiger partial charge on any atom is -0.475 e. The van der Waals surface area contributed by atoms with Crippen molar-refractivity contribution in [2.75, 3.05) is 0 Å². The zero-order valence-electron chi connectivity index (χ0n) is 7.83. The summed E-state index contributed by atoms with van der Waals surface area (Å²) < 4.78 is 0. The molecule has 0 rings (SSSR count). The number of rotatable bonds is 4. The smallest absolute Gasteiger partial charge is 0.374 e. The van der Waals surface area contributed by atoms with Crippen LogP contribution in [0.4, 0.5) is 0 Å². The molecule has 1 atom stereocenters. The third kappa shape index (κ3) is 3.68. The van der Waals surface area contributed by atoms with Gasteiger partial charge in [-0.3, -0.25) is 9.59 Å². The first-order valence-electron chi connectivity index (χ1n) is 3.90. The van der Waals surface area contributed by atoms with Crippen LogP contribution in [0.5, 0.6) is 0 Å². The largest absolute Gasteiger partial charge is 0.475 e. The van der Waals surface area contributed by atoms with E-state index in [0.717, 1.165) is 0 Å². The molecule has 0 fully saturated rings. The van der Waals surface area contributed by atoms with Gasteiger partial charge in [-0.2, -0.15) is 0 Å². The Kier molecular flexibility index (Phi) is 4.10. The van der Waals surface area contributed by atoms with Crippen molar-refractivity contribution < 1.29 is 19.5 Å². The average Bonchev–Trinajstić information content (AvgIpc) is 1.97. The molecule has 0 bridgehead atoms. The molecule has 0 radical (unpaired) electrons. The van der Waals surface area contributed by atoms with Gasteiger partial charge in [-0.15, -0.1) is 0 Å². The summed E-state index contributed by atoms with van der Waals surface area (Å²) in [7, 11) is 0. The van der Waals surface area contributed by atoms with Crippen molar-refractivity contribution in [2.24, 2.45) is 5.92 Å². The number of nitrogens with one attached hydrogen (secondary N) is 1. The molecule has 0 aliphatic heterocycles. The highest BCUT2D eigenvalue weighted by Crippen LogP contribution is 2.02. The fourth-order valence-corrected chi connectivity index (χ4v) is 0.887. The first kappa shape index (κ1) is 11.6. The number of carboxylic acid groups (broad SMARTS) is 1. The molecule has 74 valence electrons. The van der Waals surface area contributed by atoms with Crippen molar-refractivity contribution >= 4 is 17.7 Å². The summed E-state index contributed by atoms with van der Waals surface area (Å²) in [6, 6.07) is -0.935. The number of carboxylic acids is 1. The maximum atomic E-state index is 11.0. The van der Waals surface area contributed by atoms with Crippen molar-refractivity contribution in [2.45, 2.75) is 26.8 Å². The number of aliphatic carboxylic acids is 1. The van der Waals surface area contributed by atoms with Crippen LogP contribution in [-0.4, -0.2) is 28.8 Å². The quantitative estimate of drug-likeness (QED) is 0.597. The molecule has 0 heterocycles. The van der Waals surface area contributed by atoms with Crippen LogP contribution < -0.4 is 5.32 Å². The minimum atomic E-state index is -1.52. The van der Waals surface area contributed by atoms with Crippen molar-refractivity contribution in [3.63, 3.8) is 0 Å². The Balaban J connectivity index is 4.51. The van der Waals surface area contributed by atoms with Crippen LogP contribution in [0, 0.1) is 5.92 Å². The summed E-state index contributed by atoms with van der Waals surface area (Å²) >= 11 is 0. The Labute approximate surface area is 76.1 Å². The summed E-state index contributed by atoms with van der Waals surface area (Å²) in [5.74, 6) is -3.14. The lowest BCUT2D eigenvalue weighted by molar-refractivity contribution is -0.151. The van der Waals surface area contributed by atoms with E-state index in [9.17, 15) is 14.4 Å². The molecule has 13 heavy (non-hydrogen) atoms. The zero-order valence-corrected chi connectivity index (χ0v) is 7.83. The van der Waals surface area contributed by atoms with Gasteiger partial charge in [0, 0.05) is 6.92 Å². The van der Waals surface area contributed by atoms with E-state index in [2.05, 4.69) is 5.32 Å². The molecule has 0 spiro atoms. The van der Waals surface area contributed by atoms with Gasteiger partial charge in [0.2, 0.25) is 5.91 Å². The van der Waals surface area contributed by atoms with Crippen molar-refractivity contribution in [3.05, 3.63) is 0 Å². The molecule has 0 aliphatic carbocycles. The van der Waals surface area contributed by atoms with Gasteiger partial charge in [0.15, 0.2) is 0 Å². The van der Waals surface area contributed by atoms with Gasteiger partial charge in [-0.05, 0) is 5.92 Å². The lowest BCUT2D eigenvalue weighted by atomic mass is 10.00. The van der Waals surface area contributed by atoms with E-state index >= 15 is 0 Å². The molecule has 5 heteroatoms. The van der Waals surface area contributed by atoms with Crippen LogP contribution in [-0.2, 0) is 14.4 Å². The first-order valence-corrected chi connectivity index (χ1v) is 3.90. The van der Waals surface area contributed by atoms with Crippen molar-refractivity contribution in [1.82, 2.24) is 5.32 Å². The van der Waals surface area contributed by atoms with Crippen LogP contribution in [0.25, 0.3) is 0 Å². The second-order valence-corrected chi connectivity index (χ2v) is 3.09. The molecule has 0 aromatic heterocycles. The summed E-state index contributed by atoms with van der Waals surface area (Å²) in [5, 5.41) is 10.7. The van der Waals surface area contributed by atoms with Crippen molar-refractivity contribution in [1.29, 1.82) is 0 Å². The lowest BCUT2D eigenvalue weighted by Gasteiger charge is -2.17. The predicted octanol–water partition coefficient (Wildman–Crippen LogP) is -0.199. The van der Waals surface area contributed by atoms with Crippen molar-refractivity contribution in [3.8, 4) is 0 Å². The Morgan fingerprint density at radius 2 is 1.69 bits per heavy atom. The molecule has 5 nitrogen and oxygen atoms in total. The monoisotopic (exact) mass is 187 g/mol. The Hall–Kier alpha value is -1.39. The van der Waals surface area contributed by atoms with E-state index in [0.29, 0.717) is 0 Å². The van der Waals surface area contributed by atoms with Gasteiger partial charge in [0.05, 0.1) is 0 Å². The average molecular weight is 187 g/mol. The zero-order chi connectivity index (χ0) is 10.6. The summed E-state index contributed by atoms with van der Waals surface area (Å²) in [6.07, 6.45) is 0. The molecule has 0 aromatic carbocycles. The normalized spacial score (nSPS) is 12.3. The minimum absolute atomic E-state index is 0.229. The highest BCUT2D eigenvalue weighted by molar-refractivity contribution is 6.35. The molecule has 2 N–H and O–H groups in total.